The first-order valence-electron chi connectivity index (χ1n) is 10.0. The number of sulfone groups is 1. The molecule has 0 saturated carbocycles. The summed E-state index contributed by atoms with van der Waals surface area (Å²) in [4.78, 5) is 27.2. The molecule has 5 rings (SSSR count). The zero-order chi connectivity index (χ0) is 22.7. The Balaban J connectivity index is 1.73. The van der Waals surface area contributed by atoms with Crippen LogP contribution in [0, 0.1) is 12.7 Å². The molecule has 0 bridgehead atoms. The summed E-state index contributed by atoms with van der Waals surface area (Å²) in [6.45, 7) is 1.85. The van der Waals surface area contributed by atoms with Gasteiger partial charge in [-0.15, -0.1) is 0 Å². The van der Waals surface area contributed by atoms with Crippen molar-refractivity contribution in [3.05, 3.63) is 95.3 Å². The van der Waals surface area contributed by atoms with Gasteiger partial charge < -0.3 is 4.90 Å². The van der Waals surface area contributed by atoms with Crippen LogP contribution in [0.3, 0.4) is 0 Å². The number of carbonyl (C=O) groups excluding carboxylic acids is 2. The van der Waals surface area contributed by atoms with Gasteiger partial charge in [0.05, 0.1) is 12.2 Å². The van der Waals surface area contributed by atoms with Crippen molar-refractivity contribution in [1.82, 2.24) is 0 Å². The van der Waals surface area contributed by atoms with Crippen LogP contribution in [-0.2, 0) is 30.8 Å². The number of para-hydroxylation sites is 1. The van der Waals surface area contributed by atoms with Crippen molar-refractivity contribution >= 4 is 33.0 Å². The van der Waals surface area contributed by atoms with E-state index in [9.17, 15) is 22.4 Å². The van der Waals surface area contributed by atoms with Gasteiger partial charge in [-0.05, 0) is 42.8 Å². The molecule has 0 N–H and O–H groups in total. The maximum absolute atomic E-state index is 13.9. The van der Waals surface area contributed by atoms with Gasteiger partial charge >= 0.3 is 0 Å². The van der Waals surface area contributed by atoms with E-state index in [4.69, 9.17) is 0 Å². The molecule has 162 valence electrons. The average molecular weight is 450 g/mol. The molecule has 6 nitrogen and oxygen atoms in total. The first-order chi connectivity index (χ1) is 15.3. The Morgan fingerprint density at radius 3 is 2.41 bits per heavy atom. The number of hydrogen-bond donors (Lipinski definition) is 0. The molecule has 1 atom stereocenters. The topological polar surface area (TPSA) is 74.8 Å². The highest BCUT2D eigenvalue weighted by atomic mass is 32.2. The number of hydrogen-bond acceptors (Lipinski definition) is 4. The average Bonchev–Trinajstić information content (AvgIpc) is 3.12. The molecule has 2 aliphatic rings. The number of benzene rings is 3. The van der Waals surface area contributed by atoms with Gasteiger partial charge in [0.25, 0.3) is 10.8 Å². The van der Waals surface area contributed by atoms with Gasteiger partial charge in [-0.3, -0.25) is 14.5 Å². The number of nitrogens with zero attached hydrogens (tertiary/aromatic N) is 2. The number of carbonyl (C=O) groups is 2. The Hall–Kier alpha value is -3.52. The van der Waals surface area contributed by atoms with Crippen LogP contribution in [-0.4, -0.2) is 26.0 Å². The van der Waals surface area contributed by atoms with Crippen molar-refractivity contribution in [2.24, 2.45) is 0 Å². The van der Waals surface area contributed by atoms with Gasteiger partial charge in [-0.25, -0.2) is 12.8 Å². The van der Waals surface area contributed by atoms with E-state index in [0.717, 1.165) is 10.5 Å². The quantitative estimate of drug-likeness (QED) is 0.614. The summed E-state index contributed by atoms with van der Waals surface area (Å²) in [6, 6.07) is 19.1. The lowest BCUT2D eigenvalue weighted by Gasteiger charge is -2.32. The molecule has 3 aromatic rings. The molecule has 8 heteroatoms. The third-order valence-corrected chi connectivity index (χ3v) is 8.05. The molecule has 0 radical (unpaired) electrons. The van der Waals surface area contributed by atoms with Crippen LogP contribution in [0.2, 0.25) is 0 Å². The lowest BCUT2D eigenvalue weighted by atomic mass is 10.0. The van der Waals surface area contributed by atoms with E-state index in [-0.39, 0.29) is 12.1 Å². The van der Waals surface area contributed by atoms with Gasteiger partial charge in [0.2, 0.25) is 5.91 Å². The second kappa shape index (κ2) is 7.00. The molecule has 32 heavy (non-hydrogen) atoms. The summed E-state index contributed by atoms with van der Waals surface area (Å²) in [5, 5.41) is 0. The second-order valence-electron chi connectivity index (χ2n) is 8.01. The molecule has 2 amide bonds. The minimum atomic E-state index is -4.23. The van der Waals surface area contributed by atoms with Gasteiger partial charge in [-0.1, -0.05) is 48.0 Å². The van der Waals surface area contributed by atoms with E-state index in [0.29, 0.717) is 16.9 Å². The van der Waals surface area contributed by atoms with E-state index >= 15 is 0 Å². The monoisotopic (exact) mass is 450 g/mol. The first kappa shape index (κ1) is 20.4. The molecular formula is C24H19FN2O4S. The molecule has 1 spiro atoms. The largest absolute Gasteiger partial charge is 0.304 e. The summed E-state index contributed by atoms with van der Waals surface area (Å²) in [5.41, 5.74) is 2.39. The van der Waals surface area contributed by atoms with Crippen molar-refractivity contribution in [2.75, 3.05) is 15.6 Å². The highest BCUT2D eigenvalue weighted by Crippen LogP contribution is 2.52. The van der Waals surface area contributed by atoms with E-state index in [2.05, 4.69) is 0 Å². The van der Waals surface area contributed by atoms with Gasteiger partial charge in [0.1, 0.15) is 11.6 Å². The summed E-state index contributed by atoms with van der Waals surface area (Å²) in [5.74, 6) is -2.63. The van der Waals surface area contributed by atoms with Gasteiger partial charge in [-0.2, -0.15) is 0 Å². The van der Waals surface area contributed by atoms with Crippen molar-refractivity contribution in [2.45, 2.75) is 18.3 Å². The van der Waals surface area contributed by atoms with Crippen LogP contribution in [0.4, 0.5) is 15.8 Å². The minimum Gasteiger partial charge on any atom is -0.304 e. The number of amides is 2. The Bertz CT molecular complexity index is 1370. The van der Waals surface area contributed by atoms with Crippen LogP contribution >= 0.6 is 0 Å². The molecule has 2 aliphatic heterocycles. The first-order valence-corrected chi connectivity index (χ1v) is 11.7. The fourth-order valence-electron chi connectivity index (χ4n) is 4.56. The predicted molar refractivity (Wildman–Crippen MR) is 118 cm³/mol. The maximum Gasteiger partial charge on any atom is 0.274 e. The SMILES string of the molecule is Cc1ccc(N2C(=O)CS(=O)(=O)[C@@]23C(=O)N(Cc2cccc(F)c2)c2ccccc23)cc1. The van der Waals surface area contributed by atoms with E-state index in [1.165, 1.54) is 23.1 Å². The molecule has 0 aromatic heterocycles. The van der Waals surface area contributed by atoms with Crippen LogP contribution in [0.25, 0.3) is 0 Å². The second-order valence-corrected chi connectivity index (χ2v) is 10.1. The lowest BCUT2D eigenvalue weighted by Crippen LogP contribution is -2.54. The smallest absolute Gasteiger partial charge is 0.274 e. The number of anilines is 2. The Morgan fingerprint density at radius 2 is 1.69 bits per heavy atom. The molecular weight excluding hydrogens is 431 g/mol. The molecule has 2 heterocycles. The third kappa shape index (κ3) is 2.72. The summed E-state index contributed by atoms with van der Waals surface area (Å²) >= 11 is 0. The predicted octanol–water partition coefficient (Wildman–Crippen LogP) is 3.30. The van der Waals surface area contributed by atoms with E-state index in [1.807, 2.05) is 6.92 Å². The van der Waals surface area contributed by atoms with Gasteiger partial charge in [0.15, 0.2) is 9.84 Å². The third-order valence-electron chi connectivity index (χ3n) is 5.94. The number of fused-ring (bicyclic) bond motifs is 2. The van der Waals surface area contributed by atoms with E-state index in [1.54, 1.807) is 54.6 Å². The van der Waals surface area contributed by atoms with Crippen LogP contribution in [0.5, 0.6) is 0 Å². The molecule has 0 aliphatic carbocycles. The van der Waals surface area contributed by atoms with Crippen molar-refractivity contribution in [3.63, 3.8) is 0 Å². The summed E-state index contributed by atoms with van der Waals surface area (Å²) in [7, 11) is -4.23. The van der Waals surface area contributed by atoms with E-state index < -0.39 is 38.1 Å². The fraction of sp³-hybridized carbons (Fsp3) is 0.167. The Kier molecular flexibility index (Phi) is 4.46. The zero-order valence-electron chi connectivity index (χ0n) is 17.2. The maximum atomic E-state index is 13.9. The number of aryl methyl sites for hydroxylation is 1. The molecule has 1 saturated heterocycles. The number of rotatable bonds is 3. The minimum absolute atomic E-state index is 0.0270. The highest BCUT2D eigenvalue weighted by molar-refractivity contribution is 7.94. The van der Waals surface area contributed by atoms with Crippen LogP contribution in [0.15, 0.2) is 72.8 Å². The molecule has 0 unspecified atom stereocenters. The molecule has 1 fully saturated rings. The van der Waals surface area contributed by atoms with Crippen molar-refractivity contribution in [1.29, 1.82) is 0 Å². The van der Waals surface area contributed by atoms with Crippen molar-refractivity contribution in [3.8, 4) is 0 Å². The Labute approximate surface area is 184 Å². The lowest BCUT2D eigenvalue weighted by molar-refractivity contribution is -0.123. The fourth-order valence-corrected chi connectivity index (χ4v) is 6.59. The normalized spacial score (nSPS) is 21.4. The molecule has 3 aromatic carbocycles. The zero-order valence-corrected chi connectivity index (χ0v) is 18.0. The van der Waals surface area contributed by atoms with Gasteiger partial charge in [0, 0.05) is 11.3 Å². The standard InChI is InChI=1S/C24H19FN2O4S/c1-16-9-11-19(12-10-16)27-22(28)15-32(30,31)24(27)20-7-2-3-8-21(20)26(23(24)29)14-17-5-4-6-18(25)13-17/h2-13H,14-15H2,1H3/t24-/m0/s1. The summed E-state index contributed by atoms with van der Waals surface area (Å²) in [6.07, 6.45) is 0. The summed E-state index contributed by atoms with van der Waals surface area (Å²) < 4.78 is 40.8. The van der Waals surface area contributed by atoms with Crippen LogP contribution < -0.4 is 9.80 Å². The number of halogens is 1. The van der Waals surface area contributed by atoms with Crippen molar-refractivity contribution < 1.29 is 22.4 Å². The Morgan fingerprint density at radius 1 is 0.969 bits per heavy atom. The highest BCUT2D eigenvalue weighted by Gasteiger charge is 2.69. The van der Waals surface area contributed by atoms with Crippen LogP contribution in [0.1, 0.15) is 16.7 Å².